The number of nitrogens with one attached hydrogen (secondary N) is 1. The second-order valence-electron chi connectivity index (χ2n) is 2.19. The van der Waals surface area contributed by atoms with E-state index in [2.05, 4.69) is 16.8 Å². The largest absolute Gasteiger partial charge is 0.328 e. The predicted octanol–water partition coefficient (Wildman–Crippen LogP) is 0.604. The summed E-state index contributed by atoms with van der Waals surface area (Å²) in [6.45, 7) is 4.13. The molecule has 0 saturated heterocycles. The maximum absolute atomic E-state index is 8.33. The number of hydrogen-bond acceptors (Lipinski definition) is 4. The molecule has 0 bridgehead atoms. The smallest absolute Gasteiger partial charge is 0.327 e. The van der Waals surface area contributed by atoms with E-state index in [0.29, 0.717) is 13.2 Å². The Labute approximate surface area is 68.6 Å². The molecule has 0 atom stereocenters. The van der Waals surface area contributed by atoms with Crippen LogP contribution in [0.15, 0.2) is 0 Å². The second-order valence-corrected chi connectivity index (χ2v) is 2.95. The van der Waals surface area contributed by atoms with Crippen molar-refractivity contribution in [2.75, 3.05) is 19.7 Å². The van der Waals surface area contributed by atoms with Gasteiger partial charge in [0.25, 0.3) is 0 Å². The maximum atomic E-state index is 8.33. The molecule has 0 rings (SSSR count). The van der Waals surface area contributed by atoms with Crippen LogP contribution in [0.5, 0.6) is 0 Å². The van der Waals surface area contributed by atoms with Gasteiger partial charge in [-0.25, -0.2) is 0 Å². The summed E-state index contributed by atoms with van der Waals surface area (Å²) < 4.78 is 4.54. The average Bonchev–Trinajstić information content (AvgIpc) is 1.96. The van der Waals surface area contributed by atoms with Gasteiger partial charge in [0.1, 0.15) is 0 Å². The van der Waals surface area contributed by atoms with Crippen molar-refractivity contribution in [2.24, 2.45) is 0 Å². The molecule has 0 aromatic carbocycles. The molecule has 0 spiro atoms. The topological polar surface area (TPSA) is 61.7 Å². The summed E-state index contributed by atoms with van der Waals surface area (Å²) in [5.74, 6) is 0. The molecule has 0 amide bonds. The average molecular weight is 181 g/mol. The fourth-order valence-electron chi connectivity index (χ4n) is 0.626. The highest BCUT2D eigenvalue weighted by Crippen LogP contribution is 2.22. The van der Waals surface area contributed by atoms with Crippen LogP contribution in [-0.4, -0.2) is 29.5 Å². The Morgan fingerprint density at radius 2 is 2.09 bits per heavy atom. The van der Waals surface area contributed by atoms with E-state index < -0.39 is 8.60 Å². The molecule has 0 aliphatic carbocycles. The molecule has 0 saturated carbocycles. The first-order valence-electron chi connectivity index (χ1n) is 3.79. The van der Waals surface area contributed by atoms with Crippen molar-refractivity contribution in [2.45, 2.75) is 19.8 Å². The Morgan fingerprint density at radius 3 is 2.64 bits per heavy atom. The van der Waals surface area contributed by atoms with E-state index in [1.54, 1.807) is 0 Å². The molecule has 0 aliphatic heterocycles. The predicted molar refractivity (Wildman–Crippen MR) is 45.1 cm³/mol. The van der Waals surface area contributed by atoms with Gasteiger partial charge in [0.2, 0.25) is 0 Å². The van der Waals surface area contributed by atoms with Crippen molar-refractivity contribution in [3.8, 4) is 0 Å². The minimum absolute atomic E-state index is 0.364. The van der Waals surface area contributed by atoms with Gasteiger partial charge in [-0.1, -0.05) is 13.3 Å². The van der Waals surface area contributed by atoms with Gasteiger partial charge >= 0.3 is 8.60 Å². The lowest BCUT2D eigenvalue weighted by Crippen LogP contribution is -2.19. The van der Waals surface area contributed by atoms with Crippen LogP contribution in [0.2, 0.25) is 0 Å². The lowest BCUT2D eigenvalue weighted by molar-refractivity contribution is 0.254. The molecule has 4 nitrogen and oxygen atoms in total. The van der Waals surface area contributed by atoms with Gasteiger partial charge in [0, 0.05) is 6.54 Å². The van der Waals surface area contributed by atoms with Crippen LogP contribution in [-0.2, 0) is 4.52 Å². The van der Waals surface area contributed by atoms with Crippen molar-refractivity contribution in [1.29, 1.82) is 0 Å². The molecular formula is C6H16NO3P. The lowest BCUT2D eigenvalue weighted by Gasteiger charge is -2.04. The molecule has 68 valence electrons. The van der Waals surface area contributed by atoms with E-state index >= 15 is 0 Å². The van der Waals surface area contributed by atoms with E-state index in [0.717, 1.165) is 13.0 Å². The van der Waals surface area contributed by atoms with Crippen LogP contribution in [0.3, 0.4) is 0 Å². The Kier molecular flexibility index (Phi) is 8.57. The molecule has 0 radical (unpaired) electrons. The summed E-state index contributed by atoms with van der Waals surface area (Å²) in [5.41, 5.74) is 0. The van der Waals surface area contributed by atoms with Gasteiger partial charge in [-0.15, -0.1) is 0 Å². The summed E-state index contributed by atoms with van der Waals surface area (Å²) in [4.78, 5) is 16.7. The quantitative estimate of drug-likeness (QED) is 0.397. The van der Waals surface area contributed by atoms with Crippen LogP contribution in [0.4, 0.5) is 0 Å². The standard InChI is InChI=1S/C6H16NO3P/c1-2-3-4-7-5-6-10-11(8)9/h7-9H,2-6H2,1H3. The summed E-state index contributed by atoms with van der Waals surface area (Å²) in [5, 5.41) is 3.10. The second kappa shape index (κ2) is 8.37. The van der Waals surface area contributed by atoms with E-state index in [-0.39, 0.29) is 0 Å². The summed E-state index contributed by atoms with van der Waals surface area (Å²) in [6, 6.07) is 0. The van der Waals surface area contributed by atoms with E-state index in [9.17, 15) is 0 Å². The zero-order chi connectivity index (χ0) is 8.53. The van der Waals surface area contributed by atoms with Gasteiger partial charge < -0.3 is 19.6 Å². The molecule has 11 heavy (non-hydrogen) atoms. The fourth-order valence-corrected chi connectivity index (χ4v) is 0.881. The number of rotatable bonds is 7. The van der Waals surface area contributed by atoms with Gasteiger partial charge in [0.05, 0.1) is 6.61 Å². The molecule has 3 N–H and O–H groups in total. The van der Waals surface area contributed by atoms with Crippen molar-refractivity contribution in [1.82, 2.24) is 5.32 Å². The molecule has 0 aromatic rings. The summed E-state index contributed by atoms with van der Waals surface area (Å²) in [7, 11) is -2.16. The minimum Gasteiger partial charge on any atom is -0.328 e. The third-order valence-corrected chi connectivity index (χ3v) is 1.61. The van der Waals surface area contributed by atoms with Crippen LogP contribution in [0.1, 0.15) is 19.8 Å². The maximum Gasteiger partial charge on any atom is 0.327 e. The van der Waals surface area contributed by atoms with Crippen LogP contribution in [0.25, 0.3) is 0 Å². The number of unbranched alkanes of at least 4 members (excludes halogenated alkanes) is 1. The zero-order valence-electron chi connectivity index (χ0n) is 6.79. The lowest BCUT2D eigenvalue weighted by atomic mass is 10.3. The third kappa shape index (κ3) is 10.3. The Morgan fingerprint density at radius 1 is 1.36 bits per heavy atom. The molecule has 0 aliphatic rings. The first-order chi connectivity index (χ1) is 5.27. The van der Waals surface area contributed by atoms with Crippen LogP contribution < -0.4 is 5.32 Å². The van der Waals surface area contributed by atoms with Crippen molar-refractivity contribution in [3.63, 3.8) is 0 Å². The normalized spacial score (nSPS) is 10.9. The van der Waals surface area contributed by atoms with Gasteiger partial charge in [-0.3, -0.25) is 0 Å². The van der Waals surface area contributed by atoms with Crippen LogP contribution >= 0.6 is 8.60 Å². The molecular weight excluding hydrogens is 165 g/mol. The van der Waals surface area contributed by atoms with Crippen LogP contribution in [0, 0.1) is 0 Å². The van der Waals surface area contributed by atoms with Gasteiger partial charge in [-0.2, -0.15) is 0 Å². The molecule has 0 unspecified atom stereocenters. The molecule has 0 heterocycles. The summed E-state index contributed by atoms with van der Waals surface area (Å²) in [6.07, 6.45) is 2.31. The SMILES string of the molecule is CCCCNCCOP(O)O. The minimum atomic E-state index is -2.16. The Balaban J connectivity index is 2.80. The summed E-state index contributed by atoms with van der Waals surface area (Å²) >= 11 is 0. The fraction of sp³-hybridized carbons (Fsp3) is 1.00. The highest BCUT2D eigenvalue weighted by Gasteiger charge is 1.96. The molecule has 5 heteroatoms. The van der Waals surface area contributed by atoms with Gasteiger partial charge in [0.15, 0.2) is 0 Å². The Hall–Kier alpha value is 0.270. The zero-order valence-corrected chi connectivity index (χ0v) is 7.68. The highest BCUT2D eigenvalue weighted by molar-refractivity contribution is 7.39. The monoisotopic (exact) mass is 181 g/mol. The van der Waals surface area contributed by atoms with Crippen molar-refractivity contribution < 1.29 is 14.3 Å². The highest BCUT2D eigenvalue weighted by atomic mass is 31.2. The first kappa shape index (κ1) is 11.3. The van der Waals surface area contributed by atoms with E-state index in [4.69, 9.17) is 9.79 Å². The first-order valence-corrected chi connectivity index (χ1v) is 4.95. The molecule has 0 aromatic heterocycles. The van der Waals surface area contributed by atoms with Crippen molar-refractivity contribution in [3.05, 3.63) is 0 Å². The van der Waals surface area contributed by atoms with E-state index in [1.807, 2.05) is 0 Å². The Bertz CT molecular complexity index is 82.2. The number of hydrogen-bond donors (Lipinski definition) is 3. The van der Waals surface area contributed by atoms with Crippen molar-refractivity contribution >= 4 is 8.60 Å². The third-order valence-electron chi connectivity index (χ3n) is 1.19. The molecule has 0 fully saturated rings. The van der Waals surface area contributed by atoms with E-state index in [1.165, 1.54) is 6.42 Å². The van der Waals surface area contributed by atoms with Gasteiger partial charge in [-0.05, 0) is 13.0 Å².